The average molecular weight is 223 g/mol. The molecule has 0 aromatic heterocycles. The number of nitrogens with two attached hydrogens (primary N) is 1. The molecule has 0 unspecified atom stereocenters. The molecule has 0 heterocycles. The first kappa shape index (κ1) is 11.1. The van der Waals surface area contributed by atoms with Crippen molar-refractivity contribution in [1.29, 1.82) is 0 Å². The molecule has 0 saturated heterocycles. The molecular weight excluding hydrogens is 210 g/mol. The number of hydrogen-bond acceptors (Lipinski definition) is 2. The summed E-state index contributed by atoms with van der Waals surface area (Å²) in [7, 11) is 0. The van der Waals surface area contributed by atoms with Crippen LogP contribution in [0.25, 0.3) is 12.2 Å². The van der Waals surface area contributed by atoms with Crippen molar-refractivity contribution in [3.8, 4) is 0 Å². The molecule has 2 N–H and O–H groups in total. The average Bonchev–Trinajstić information content (AvgIpc) is 2.39. The number of carbonyl (C=O) groups excluding carboxylic acids is 1. The van der Waals surface area contributed by atoms with E-state index >= 15 is 0 Å². The van der Waals surface area contributed by atoms with Gasteiger partial charge >= 0.3 is 0 Å². The van der Waals surface area contributed by atoms with Crippen LogP contribution in [0.4, 0.5) is 5.69 Å². The van der Waals surface area contributed by atoms with Crippen LogP contribution in [0.15, 0.2) is 48.5 Å². The van der Waals surface area contributed by atoms with E-state index in [4.69, 9.17) is 5.73 Å². The molecule has 84 valence electrons. The highest BCUT2D eigenvalue weighted by Crippen LogP contribution is 2.11. The number of rotatable bonds is 3. The summed E-state index contributed by atoms with van der Waals surface area (Å²) in [4.78, 5) is 10.5. The van der Waals surface area contributed by atoms with Crippen molar-refractivity contribution in [1.82, 2.24) is 0 Å². The predicted octanol–water partition coefficient (Wildman–Crippen LogP) is 3.25. The second-order valence-corrected chi connectivity index (χ2v) is 3.78. The van der Waals surface area contributed by atoms with E-state index in [1.165, 1.54) is 0 Å². The molecule has 0 aliphatic rings. The molecule has 0 saturated carbocycles. The number of hydrogen-bond donors (Lipinski definition) is 1. The zero-order chi connectivity index (χ0) is 12.1. The number of aldehydes is 1. The molecule has 0 amide bonds. The lowest BCUT2D eigenvalue weighted by molar-refractivity contribution is 0.112. The summed E-state index contributed by atoms with van der Waals surface area (Å²) in [5.74, 6) is 0. The highest BCUT2D eigenvalue weighted by atomic mass is 16.1. The number of anilines is 1. The lowest BCUT2D eigenvalue weighted by atomic mass is 10.1. The van der Waals surface area contributed by atoms with Crippen molar-refractivity contribution >= 4 is 24.1 Å². The van der Waals surface area contributed by atoms with E-state index in [0.717, 1.165) is 23.1 Å². The molecule has 17 heavy (non-hydrogen) atoms. The third kappa shape index (κ3) is 3.05. The maximum absolute atomic E-state index is 10.5. The zero-order valence-corrected chi connectivity index (χ0v) is 9.34. The molecule has 0 atom stereocenters. The minimum atomic E-state index is 0.689. The van der Waals surface area contributed by atoms with Gasteiger partial charge in [0.1, 0.15) is 6.29 Å². The van der Waals surface area contributed by atoms with Gasteiger partial charge in [-0.1, -0.05) is 48.6 Å². The third-order valence-electron chi connectivity index (χ3n) is 2.48. The second kappa shape index (κ2) is 5.12. The van der Waals surface area contributed by atoms with Gasteiger partial charge < -0.3 is 5.73 Å². The van der Waals surface area contributed by atoms with Crippen molar-refractivity contribution in [3.63, 3.8) is 0 Å². The molecule has 2 aromatic carbocycles. The van der Waals surface area contributed by atoms with Gasteiger partial charge in [0.25, 0.3) is 0 Å². The summed E-state index contributed by atoms with van der Waals surface area (Å²) in [5, 5.41) is 0. The largest absolute Gasteiger partial charge is 0.399 e. The van der Waals surface area contributed by atoms with Crippen molar-refractivity contribution in [3.05, 3.63) is 65.2 Å². The van der Waals surface area contributed by atoms with E-state index in [-0.39, 0.29) is 0 Å². The van der Waals surface area contributed by atoms with Crippen LogP contribution in [0.1, 0.15) is 21.5 Å². The Bertz CT molecular complexity index is 524. The summed E-state index contributed by atoms with van der Waals surface area (Å²) in [6.07, 6.45) is 4.85. The van der Waals surface area contributed by atoms with Crippen molar-refractivity contribution in [2.45, 2.75) is 0 Å². The first-order valence-corrected chi connectivity index (χ1v) is 5.37. The lowest BCUT2D eigenvalue weighted by Crippen LogP contribution is -1.82. The van der Waals surface area contributed by atoms with Gasteiger partial charge in [0, 0.05) is 11.3 Å². The summed E-state index contributed by atoms with van der Waals surface area (Å²) in [6, 6.07) is 15.1. The fraction of sp³-hybridized carbons (Fsp3) is 0. The molecule has 0 radical (unpaired) electrons. The van der Waals surface area contributed by atoms with Gasteiger partial charge in [-0.05, 0) is 23.3 Å². The number of carbonyl (C=O) groups is 1. The molecule has 2 nitrogen and oxygen atoms in total. The molecular formula is C15H13NO. The maximum atomic E-state index is 10.5. The molecule has 2 rings (SSSR count). The summed E-state index contributed by atoms with van der Waals surface area (Å²) in [5.41, 5.74) is 9.22. The zero-order valence-electron chi connectivity index (χ0n) is 9.34. The second-order valence-electron chi connectivity index (χ2n) is 3.78. The Morgan fingerprint density at radius 3 is 1.59 bits per heavy atom. The monoisotopic (exact) mass is 223 g/mol. The van der Waals surface area contributed by atoms with Crippen molar-refractivity contribution in [2.75, 3.05) is 5.73 Å². The minimum absolute atomic E-state index is 0.689. The van der Waals surface area contributed by atoms with Crippen molar-refractivity contribution < 1.29 is 4.79 Å². The Kier molecular flexibility index (Phi) is 3.36. The summed E-state index contributed by atoms with van der Waals surface area (Å²) < 4.78 is 0. The standard InChI is InChI=1S/C15H13NO/c16-15-9-7-13(8-10-15)2-1-12-3-5-14(11-17)6-4-12/h1-11H,16H2/b2-1-. The summed E-state index contributed by atoms with van der Waals surface area (Å²) in [6.45, 7) is 0. The molecule has 2 heteroatoms. The highest BCUT2D eigenvalue weighted by Gasteiger charge is 1.90. The molecule has 0 aliphatic carbocycles. The Hall–Kier alpha value is -2.35. The quantitative estimate of drug-likeness (QED) is 0.493. The Balaban J connectivity index is 2.14. The first-order chi connectivity index (χ1) is 8.28. The molecule has 2 aromatic rings. The van der Waals surface area contributed by atoms with E-state index in [2.05, 4.69) is 0 Å². The minimum Gasteiger partial charge on any atom is -0.399 e. The summed E-state index contributed by atoms with van der Waals surface area (Å²) >= 11 is 0. The Labute approximate surface area is 100 Å². The van der Waals surface area contributed by atoms with Gasteiger partial charge in [-0.15, -0.1) is 0 Å². The van der Waals surface area contributed by atoms with Gasteiger partial charge in [-0.2, -0.15) is 0 Å². The van der Waals surface area contributed by atoms with E-state index in [1.54, 1.807) is 12.1 Å². The van der Waals surface area contributed by atoms with Gasteiger partial charge in [-0.3, -0.25) is 4.79 Å². The highest BCUT2D eigenvalue weighted by molar-refractivity contribution is 5.76. The molecule has 0 bridgehead atoms. The van der Waals surface area contributed by atoms with Crippen LogP contribution in [0.5, 0.6) is 0 Å². The van der Waals surface area contributed by atoms with Crippen LogP contribution >= 0.6 is 0 Å². The van der Waals surface area contributed by atoms with Gasteiger partial charge in [0.2, 0.25) is 0 Å². The van der Waals surface area contributed by atoms with Crippen LogP contribution in [-0.2, 0) is 0 Å². The fourth-order valence-corrected chi connectivity index (χ4v) is 1.49. The van der Waals surface area contributed by atoms with Gasteiger partial charge in [0.15, 0.2) is 0 Å². The van der Waals surface area contributed by atoms with E-state index in [0.29, 0.717) is 5.56 Å². The smallest absolute Gasteiger partial charge is 0.150 e. The van der Waals surface area contributed by atoms with E-state index in [9.17, 15) is 4.79 Å². The predicted molar refractivity (Wildman–Crippen MR) is 71.6 cm³/mol. The van der Waals surface area contributed by atoms with Crippen LogP contribution in [0.3, 0.4) is 0 Å². The Morgan fingerprint density at radius 2 is 1.12 bits per heavy atom. The maximum Gasteiger partial charge on any atom is 0.150 e. The topological polar surface area (TPSA) is 43.1 Å². The lowest BCUT2D eigenvalue weighted by Gasteiger charge is -1.96. The number of nitrogen functional groups attached to an aromatic ring is 1. The first-order valence-electron chi connectivity index (χ1n) is 5.37. The molecule has 0 aliphatic heterocycles. The van der Waals surface area contributed by atoms with E-state index < -0.39 is 0 Å². The van der Waals surface area contributed by atoms with Crippen LogP contribution in [0.2, 0.25) is 0 Å². The van der Waals surface area contributed by atoms with Crippen LogP contribution in [-0.4, -0.2) is 6.29 Å². The van der Waals surface area contributed by atoms with Crippen LogP contribution < -0.4 is 5.73 Å². The SMILES string of the molecule is Nc1ccc(/C=C\c2ccc(C=O)cc2)cc1. The van der Waals surface area contributed by atoms with Gasteiger partial charge in [0.05, 0.1) is 0 Å². The molecule has 0 spiro atoms. The van der Waals surface area contributed by atoms with Crippen molar-refractivity contribution in [2.24, 2.45) is 0 Å². The normalized spacial score (nSPS) is 10.6. The van der Waals surface area contributed by atoms with E-state index in [1.807, 2.05) is 48.6 Å². The third-order valence-corrected chi connectivity index (χ3v) is 2.48. The Morgan fingerprint density at radius 1 is 0.706 bits per heavy atom. The van der Waals surface area contributed by atoms with Gasteiger partial charge in [-0.25, -0.2) is 0 Å². The molecule has 0 fully saturated rings. The van der Waals surface area contributed by atoms with Crippen LogP contribution in [0, 0.1) is 0 Å². The fourth-order valence-electron chi connectivity index (χ4n) is 1.49. The number of benzene rings is 2.